The van der Waals surface area contributed by atoms with E-state index in [4.69, 9.17) is 4.98 Å². The second-order valence-electron chi connectivity index (χ2n) is 16.4. The Morgan fingerprint density at radius 1 is 0.698 bits per heavy atom. The molecule has 0 radical (unpaired) electrons. The summed E-state index contributed by atoms with van der Waals surface area (Å²) < 4.78 is 1.33. The van der Waals surface area contributed by atoms with E-state index in [1.54, 1.807) is 0 Å². The van der Waals surface area contributed by atoms with Gasteiger partial charge in [0.2, 0.25) is 0 Å². The fraction of sp³-hybridized carbons (Fsp3) is 0.612. The number of benzene rings is 2. The highest BCUT2D eigenvalue weighted by Gasteiger charge is 2.32. The minimum atomic E-state index is -0.839. The molecule has 4 heteroatoms. The number of hydrogen-bond donors (Lipinski definition) is 1. The lowest BCUT2D eigenvalue weighted by atomic mass is 9.69. The summed E-state index contributed by atoms with van der Waals surface area (Å²) in [5.74, 6) is 6.67. The normalized spacial score (nSPS) is 14.6. The van der Waals surface area contributed by atoms with Gasteiger partial charge >= 0.3 is 0 Å². The Balaban J connectivity index is 0.00000756. The molecule has 1 N–H and O–H groups in total. The van der Waals surface area contributed by atoms with Crippen LogP contribution in [-0.2, 0) is 11.8 Å². The van der Waals surface area contributed by atoms with E-state index in [9.17, 15) is 5.11 Å². The van der Waals surface area contributed by atoms with Gasteiger partial charge in [-0.3, -0.25) is 4.98 Å². The Morgan fingerprint density at radius 3 is 1.81 bits per heavy atom. The molecule has 0 saturated heterocycles. The van der Waals surface area contributed by atoms with E-state index in [0.717, 1.165) is 50.5 Å². The predicted octanol–water partition coefficient (Wildman–Crippen LogP) is 9.45. The van der Waals surface area contributed by atoms with Gasteiger partial charge < -0.3 is 14.3 Å². The Hall–Kier alpha value is -3.00. The molecule has 1 aliphatic rings. The van der Waals surface area contributed by atoms with E-state index in [0.29, 0.717) is 0 Å². The lowest BCUT2D eigenvalue weighted by Crippen LogP contribution is -3.00. The third-order valence-corrected chi connectivity index (χ3v) is 12.5. The fourth-order valence-electron chi connectivity index (χ4n) is 8.94. The van der Waals surface area contributed by atoms with Crippen molar-refractivity contribution in [2.75, 3.05) is 26.2 Å². The van der Waals surface area contributed by atoms with Crippen molar-refractivity contribution in [1.29, 1.82) is 0 Å². The number of aliphatic hydroxyl groups is 1. The van der Waals surface area contributed by atoms with Crippen molar-refractivity contribution in [3.05, 3.63) is 88.2 Å². The molecule has 53 heavy (non-hydrogen) atoms. The van der Waals surface area contributed by atoms with Crippen LogP contribution < -0.4 is 4.70 Å². The quantitative estimate of drug-likeness (QED) is 0.0579. The molecule has 1 fully saturated rings. The maximum atomic E-state index is 11.1. The summed E-state index contributed by atoms with van der Waals surface area (Å²) in [4.78, 5) is 4.74. The van der Waals surface area contributed by atoms with Crippen LogP contribution in [-0.4, -0.2) is 46.4 Å². The number of unbranched alkanes of at least 4 members (excludes halogenated alkanes) is 4. The van der Waals surface area contributed by atoms with Gasteiger partial charge in [-0.2, -0.15) is 0 Å². The van der Waals surface area contributed by atoms with Gasteiger partial charge in [-0.05, 0) is 136 Å². The molecule has 0 bridgehead atoms. The highest BCUT2D eigenvalue weighted by Crippen LogP contribution is 2.41. The molecule has 0 aliphatic heterocycles. The van der Waals surface area contributed by atoms with Crippen LogP contribution in [0.2, 0.25) is 0 Å². The molecule has 1 heterocycles. The molecular formula is C49H73FN2O. The Morgan fingerprint density at radius 2 is 1.26 bits per heavy atom. The highest BCUT2D eigenvalue weighted by atomic mass is 19.0. The summed E-state index contributed by atoms with van der Waals surface area (Å²) >= 11 is 0. The third-order valence-electron chi connectivity index (χ3n) is 12.5. The molecule has 1 saturated carbocycles. The lowest BCUT2D eigenvalue weighted by Gasteiger charge is -2.39. The van der Waals surface area contributed by atoms with Gasteiger partial charge in [-0.15, -0.1) is 0 Å². The first-order chi connectivity index (χ1) is 25.2. The van der Waals surface area contributed by atoms with Crippen LogP contribution in [0, 0.1) is 25.7 Å². The standard InChI is InChI=1S/C49H73N2O.FH/c1-8-13-31-51(32-14-9-2,33-15-10-3)34-21-18-22-42-37-44(39-50-38-42)47-26-25-46(36-41(47)7)49(11-4,12-5)45-24-23-43(40(6)35-45)27-30-48(52)28-19-16-17-20-29-48;/h23-26,35-39,52H,8-22,28-29,31-34H2,1-7H3;1H/q+1;/p-1. The molecule has 0 amide bonds. The number of pyridine rings is 1. The largest absolute Gasteiger partial charge is 1.00 e. The summed E-state index contributed by atoms with van der Waals surface area (Å²) in [6.07, 6.45) is 23.9. The van der Waals surface area contributed by atoms with Crippen LogP contribution in [0.3, 0.4) is 0 Å². The average molecular weight is 725 g/mol. The molecule has 0 unspecified atom stereocenters. The van der Waals surface area contributed by atoms with Crippen molar-refractivity contribution >= 4 is 0 Å². The molecule has 4 rings (SSSR count). The highest BCUT2D eigenvalue weighted by molar-refractivity contribution is 5.68. The SMILES string of the molecule is CCCC[N+](CCCC)(CCCC)CCCCc1cncc(-c2ccc(C(CC)(CC)c3ccc(C#CC4(O)CCCCCC4)c(C)c3)cc2C)c1.[F-]. The number of halogens is 1. The van der Waals surface area contributed by atoms with Crippen molar-refractivity contribution < 1.29 is 14.3 Å². The number of aromatic nitrogens is 1. The topological polar surface area (TPSA) is 33.1 Å². The molecule has 1 aromatic heterocycles. The van der Waals surface area contributed by atoms with Crippen LogP contribution in [0.4, 0.5) is 0 Å². The van der Waals surface area contributed by atoms with Gasteiger partial charge in [0.1, 0.15) is 5.60 Å². The maximum Gasteiger partial charge on any atom is 0.125 e. The zero-order valence-electron chi connectivity index (χ0n) is 34.8. The second kappa shape index (κ2) is 21.8. The van der Waals surface area contributed by atoms with Gasteiger partial charge in [0.25, 0.3) is 0 Å². The van der Waals surface area contributed by atoms with Crippen LogP contribution in [0.1, 0.15) is 171 Å². The number of rotatable bonds is 19. The summed E-state index contributed by atoms with van der Waals surface area (Å²) in [6, 6.07) is 16.4. The molecule has 1 aliphatic carbocycles. The van der Waals surface area contributed by atoms with Crippen molar-refractivity contribution in [3.8, 4) is 23.0 Å². The van der Waals surface area contributed by atoms with Gasteiger partial charge in [0.05, 0.1) is 26.2 Å². The van der Waals surface area contributed by atoms with Crippen molar-refractivity contribution in [2.45, 2.75) is 169 Å². The maximum absolute atomic E-state index is 11.1. The third kappa shape index (κ3) is 12.0. The number of quaternary nitrogens is 1. The van der Waals surface area contributed by atoms with Gasteiger partial charge in [0, 0.05) is 28.9 Å². The van der Waals surface area contributed by atoms with Gasteiger partial charge in [0.15, 0.2) is 0 Å². The average Bonchev–Trinajstić information content (AvgIpc) is 3.38. The summed E-state index contributed by atoms with van der Waals surface area (Å²) in [5.41, 5.74) is 9.23. The van der Waals surface area contributed by atoms with Gasteiger partial charge in [-0.1, -0.05) is 109 Å². The van der Waals surface area contributed by atoms with E-state index in [1.807, 2.05) is 0 Å². The Labute approximate surface area is 324 Å². The van der Waals surface area contributed by atoms with Crippen LogP contribution >= 0.6 is 0 Å². The second-order valence-corrected chi connectivity index (χ2v) is 16.4. The molecule has 2 aromatic carbocycles. The van der Waals surface area contributed by atoms with Crippen LogP contribution in [0.25, 0.3) is 11.1 Å². The monoisotopic (exact) mass is 725 g/mol. The van der Waals surface area contributed by atoms with E-state index in [-0.39, 0.29) is 10.1 Å². The predicted molar refractivity (Wildman–Crippen MR) is 224 cm³/mol. The molecule has 0 spiro atoms. The van der Waals surface area contributed by atoms with Crippen LogP contribution in [0.15, 0.2) is 54.9 Å². The van der Waals surface area contributed by atoms with Crippen molar-refractivity contribution in [2.24, 2.45) is 0 Å². The minimum absolute atomic E-state index is 0. The molecule has 3 nitrogen and oxygen atoms in total. The smallest absolute Gasteiger partial charge is 0.125 e. The molecule has 292 valence electrons. The fourth-order valence-corrected chi connectivity index (χ4v) is 8.94. The first kappa shape index (κ1) is 44.4. The zero-order chi connectivity index (χ0) is 37.5. The van der Waals surface area contributed by atoms with Crippen LogP contribution in [0.5, 0.6) is 0 Å². The molecular weight excluding hydrogens is 652 g/mol. The number of nitrogens with zero attached hydrogens (tertiary/aromatic N) is 2. The van der Waals surface area contributed by atoms with Gasteiger partial charge in [-0.25, -0.2) is 0 Å². The van der Waals surface area contributed by atoms with E-state index < -0.39 is 5.60 Å². The number of aryl methyl sites for hydroxylation is 3. The van der Waals surface area contributed by atoms with E-state index >= 15 is 0 Å². The van der Waals surface area contributed by atoms with E-state index in [2.05, 4.69) is 115 Å². The van der Waals surface area contributed by atoms with Crippen molar-refractivity contribution in [1.82, 2.24) is 4.98 Å². The zero-order valence-corrected chi connectivity index (χ0v) is 34.8. The minimum Gasteiger partial charge on any atom is -1.00 e. The molecule has 0 atom stereocenters. The first-order valence-corrected chi connectivity index (χ1v) is 21.4. The first-order valence-electron chi connectivity index (χ1n) is 21.4. The summed E-state index contributed by atoms with van der Waals surface area (Å²) in [6.45, 7) is 21.5. The Bertz CT molecular complexity index is 1570. The summed E-state index contributed by atoms with van der Waals surface area (Å²) in [7, 11) is 0. The number of hydrogen-bond acceptors (Lipinski definition) is 2. The summed E-state index contributed by atoms with van der Waals surface area (Å²) in [5, 5.41) is 11.1. The lowest BCUT2D eigenvalue weighted by molar-refractivity contribution is -0.929. The van der Waals surface area contributed by atoms with E-state index in [1.165, 1.54) is 134 Å². The Kier molecular flexibility index (Phi) is 18.2. The van der Waals surface area contributed by atoms with Crippen molar-refractivity contribution in [3.63, 3.8) is 0 Å². The molecule has 3 aromatic rings.